The van der Waals surface area contributed by atoms with Crippen molar-refractivity contribution >= 4 is 16.1 Å². The molecule has 0 aromatic rings. The Bertz CT molecular complexity index is 292. The third-order valence-electron chi connectivity index (χ3n) is 1.64. The van der Waals surface area contributed by atoms with Gasteiger partial charge in [-0.2, -0.15) is 8.42 Å². The van der Waals surface area contributed by atoms with Crippen LogP contribution in [0.1, 0.15) is 19.3 Å². The van der Waals surface area contributed by atoms with Crippen LogP contribution >= 0.6 is 0 Å². The van der Waals surface area contributed by atoms with Gasteiger partial charge in [0.25, 0.3) is 10.1 Å². The molecule has 0 heterocycles. The van der Waals surface area contributed by atoms with Crippen LogP contribution in [0, 0.1) is 0 Å². The molecule has 104 valence electrons. The quantitative estimate of drug-likeness (QED) is 0.273. The van der Waals surface area contributed by atoms with Gasteiger partial charge in [-0.15, -0.1) is 0 Å². The second-order valence-corrected chi connectivity index (χ2v) is 4.81. The molecule has 1 atom stereocenters. The number of carboxylic acids is 1. The van der Waals surface area contributed by atoms with E-state index in [0.29, 0.717) is 13.0 Å². The largest absolute Gasteiger partial charge is 0.480 e. The van der Waals surface area contributed by atoms with Crippen LogP contribution in [0.25, 0.3) is 0 Å². The third-order valence-corrected chi connectivity index (χ3v) is 2.33. The summed E-state index contributed by atoms with van der Waals surface area (Å²) in [7, 11) is -3.92. The van der Waals surface area contributed by atoms with E-state index in [1.807, 2.05) is 0 Å². The van der Waals surface area contributed by atoms with E-state index < -0.39 is 34.5 Å². The Balaban J connectivity index is 0. The first-order chi connectivity index (χ1) is 7.74. The molecule has 0 fully saturated rings. The van der Waals surface area contributed by atoms with Gasteiger partial charge in [0, 0.05) is 0 Å². The van der Waals surface area contributed by atoms with Gasteiger partial charge in [0.2, 0.25) is 0 Å². The van der Waals surface area contributed by atoms with Crippen molar-refractivity contribution in [2.24, 2.45) is 11.5 Å². The average Bonchev–Trinajstić information content (AvgIpc) is 2.16. The van der Waals surface area contributed by atoms with E-state index in [2.05, 4.69) is 0 Å². The number of carbonyl (C=O) groups is 1. The number of nitrogens with two attached hydrogens (primary N) is 2. The molecule has 0 radical (unpaired) electrons. The van der Waals surface area contributed by atoms with Gasteiger partial charge in [-0.3, -0.25) is 9.35 Å². The SMILES string of the molecule is NCCCC[C@H](N)C(=O)O.O=S(=O)(O)CCO. The van der Waals surface area contributed by atoms with E-state index in [9.17, 15) is 13.2 Å². The summed E-state index contributed by atoms with van der Waals surface area (Å²) in [6.07, 6.45) is 2.16. The molecule has 0 spiro atoms. The van der Waals surface area contributed by atoms with Crippen molar-refractivity contribution in [3.05, 3.63) is 0 Å². The van der Waals surface area contributed by atoms with E-state index in [-0.39, 0.29) is 0 Å². The Labute approximate surface area is 100 Å². The van der Waals surface area contributed by atoms with E-state index >= 15 is 0 Å². The lowest BCUT2D eigenvalue weighted by Gasteiger charge is -2.03. The highest BCUT2D eigenvalue weighted by atomic mass is 32.2. The summed E-state index contributed by atoms with van der Waals surface area (Å²) in [5, 5.41) is 16.2. The molecule has 9 heteroatoms. The lowest BCUT2D eigenvalue weighted by molar-refractivity contribution is -0.138. The van der Waals surface area contributed by atoms with Gasteiger partial charge in [-0.1, -0.05) is 6.42 Å². The number of aliphatic carboxylic acids is 1. The van der Waals surface area contributed by atoms with Crippen LogP contribution < -0.4 is 11.5 Å². The minimum atomic E-state index is -3.92. The number of carboxylic acid groups (broad SMARTS) is 1. The van der Waals surface area contributed by atoms with E-state index in [4.69, 9.17) is 26.2 Å². The molecule has 0 aliphatic heterocycles. The number of rotatable bonds is 7. The van der Waals surface area contributed by atoms with Gasteiger partial charge in [-0.25, -0.2) is 0 Å². The first-order valence-electron chi connectivity index (χ1n) is 4.99. The van der Waals surface area contributed by atoms with E-state index in [0.717, 1.165) is 12.8 Å². The number of hydrogen-bond acceptors (Lipinski definition) is 6. The summed E-state index contributed by atoms with van der Waals surface area (Å²) >= 11 is 0. The summed E-state index contributed by atoms with van der Waals surface area (Å²) in [4.78, 5) is 10.1. The number of aliphatic hydroxyl groups is 1. The van der Waals surface area contributed by atoms with E-state index in [1.165, 1.54) is 0 Å². The predicted octanol–water partition coefficient (Wildman–Crippen LogP) is -1.61. The molecule has 0 saturated carbocycles. The molecule has 0 aromatic heterocycles. The van der Waals surface area contributed by atoms with Gasteiger partial charge in [0.15, 0.2) is 0 Å². The van der Waals surface area contributed by atoms with Crippen molar-refractivity contribution < 1.29 is 28.0 Å². The van der Waals surface area contributed by atoms with Crippen LogP contribution in [-0.2, 0) is 14.9 Å². The fourth-order valence-electron chi connectivity index (χ4n) is 0.747. The van der Waals surface area contributed by atoms with Crippen molar-refractivity contribution in [2.45, 2.75) is 25.3 Å². The minimum Gasteiger partial charge on any atom is -0.480 e. The second kappa shape index (κ2) is 10.4. The molecule has 0 amide bonds. The maximum atomic E-state index is 10.1. The summed E-state index contributed by atoms with van der Waals surface area (Å²) in [5.74, 6) is -1.51. The lowest BCUT2D eigenvalue weighted by Crippen LogP contribution is -2.29. The van der Waals surface area contributed by atoms with Gasteiger partial charge >= 0.3 is 5.97 Å². The third kappa shape index (κ3) is 17.9. The Hall–Kier alpha value is -0.740. The monoisotopic (exact) mass is 272 g/mol. The summed E-state index contributed by atoms with van der Waals surface area (Å²) < 4.78 is 27.1. The van der Waals surface area contributed by atoms with Gasteiger partial charge in [0.05, 0.1) is 12.4 Å². The smallest absolute Gasteiger partial charge is 0.320 e. The van der Waals surface area contributed by atoms with Crippen LogP contribution in [0.15, 0.2) is 0 Å². The van der Waals surface area contributed by atoms with Crippen LogP contribution in [0.5, 0.6) is 0 Å². The molecular formula is C8H20N2O6S. The van der Waals surface area contributed by atoms with Crippen LogP contribution in [0.2, 0.25) is 0 Å². The van der Waals surface area contributed by atoms with Crippen molar-refractivity contribution in [2.75, 3.05) is 18.9 Å². The minimum absolute atomic E-state index is 0.520. The van der Waals surface area contributed by atoms with Gasteiger partial charge in [0.1, 0.15) is 6.04 Å². The Kier molecular flexibility index (Phi) is 11.4. The van der Waals surface area contributed by atoms with Crippen LogP contribution in [0.3, 0.4) is 0 Å². The number of hydrogen-bond donors (Lipinski definition) is 5. The highest BCUT2D eigenvalue weighted by molar-refractivity contribution is 7.85. The molecular weight excluding hydrogens is 252 g/mol. The Morgan fingerprint density at radius 2 is 1.82 bits per heavy atom. The molecule has 0 bridgehead atoms. The van der Waals surface area contributed by atoms with Crippen molar-refractivity contribution in [1.29, 1.82) is 0 Å². The number of aliphatic hydroxyl groups excluding tert-OH is 1. The van der Waals surface area contributed by atoms with Crippen molar-refractivity contribution in [1.82, 2.24) is 0 Å². The standard InChI is InChI=1S/C6H14N2O2.C2H6O4S/c7-4-2-1-3-5(8)6(9)10;3-1-2-7(4,5)6/h5H,1-4,7-8H2,(H,9,10);3H,1-2H2,(H,4,5,6)/t5-;/m0./s1. The summed E-state index contributed by atoms with van der Waals surface area (Å²) in [6, 6.07) is -0.716. The van der Waals surface area contributed by atoms with Gasteiger partial charge in [-0.05, 0) is 19.4 Å². The maximum Gasteiger partial charge on any atom is 0.320 e. The number of unbranched alkanes of at least 4 members (excludes halogenated alkanes) is 1. The zero-order chi connectivity index (χ0) is 13.9. The van der Waals surface area contributed by atoms with E-state index in [1.54, 1.807) is 0 Å². The zero-order valence-electron chi connectivity index (χ0n) is 9.45. The molecule has 7 N–H and O–H groups in total. The normalized spacial score (nSPS) is 12.5. The summed E-state index contributed by atoms with van der Waals surface area (Å²) in [5.41, 5.74) is 10.4. The molecule has 0 rings (SSSR count). The fraction of sp³-hybridized carbons (Fsp3) is 0.875. The molecule has 0 aliphatic carbocycles. The molecule has 0 aliphatic rings. The molecule has 8 nitrogen and oxygen atoms in total. The average molecular weight is 272 g/mol. The topological polar surface area (TPSA) is 164 Å². The Morgan fingerprint density at radius 1 is 1.29 bits per heavy atom. The lowest BCUT2D eigenvalue weighted by atomic mass is 10.1. The van der Waals surface area contributed by atoms with Gasteiger partial charge < -0.3 is 21.7 Å². The first-order valence-corrected chi connectivity index (χ1v) is 6.60. The van der Waals surface area contributed by atoms with Crippen LogP contribution in [-0.4, -0.2) is 54.1 Å². The second-order valence-electron chi connectivity index (χ2n) is 3.24. The highest BCUT2D eigenvalue weighted by Crippen LogP contribution is 1.96. The first kappa shape index (κ1) is 18.6. The summed E-state index contributed by atoms with van der Waals surface area (Å²) in [6.45, 7) is 0.0746. The Morgan fingerprint density at radius 3 is 2.06 bits per heavy atom. The van der Waals surface area contributed by atoms with Crippen LogP contribution in [0.4, 0.5) is 0 Å². The highest BCUT2D eigenvalue weighted by Gasteiger charge is 2.09. The molecule has 0 saturated heterocycles. The molecule has 17 heavy (non-hydrogen) atoms. The molecule has 0 unspecified atom stereocenters. The maximum absolute atomic E-state index is 10.1. The zero-order valence-corrected chi connectivity index (χ0v) is 10.3. The van der Waals surface area contributed by atoms with Crippen molar-refractivity contribution in [3.8, 4) is 0 Å². The van der Waals surface area contributed by atoms with Crippen molar-refractivity contribution in [3.63, 3.8) is 0 Å². The molecule has 0 aromatic carbocycles. The predicted molar refractivity (Wildman–Crippen MR) is 62.0 cm³/mol. The fourth-order valence-corrected chi connectivity index (χ4v) is 0.978.